The summed E-state index contributed by atoms with van der Waals surface area (Å²) in [7, 11) is 0. The summed E-state index contributed by atoms with van der Waals surface area (Å²) in [5.74, 6) is 1.37. The maximum atomic E-state index is 11.6. The van der Waals surface area contributed by atoms with Crippen LogP contribution in [-0.2, 0) is 0 Å². The molecule has 0 aliphatic carbocycles. The van der Waals surface area contributed by atoms with E-state index in [1.54, 1.807) is 24.5 Å². The number of aromatic nitrogens is 1. The first-order chi connectivity index (χ1) is 8.69. The van der Waals surface area contributed by atoms with Gasteiger partial charge in [0, 0.05) is 22.7 Å². The molecule has 0 amide bonds. The topological polar surface area (TPSA) is 39.2 Å². The monoisotopic (exact) mass is 305 g/mol. The van der Waals surface area contributed by atoms with Crippen molar-refractivity contribution in [2.45, 2.75) is 13.3 Å². The van der Waals surface area contributed by atoms with E-state index in [2.05, 4.69) is 20.9 Å². The molecule has 0 fully saturated rings. The van der Waals surface area contributed by atoms with Crippen LogP contribution in [-0.4, -0.2) is 10.8 Å². The molecule has 2 rings (SSSR count). The van der Waals surface area contributed by atoms with Crippen molar-refractivity contribution < 1.29 is 9.53 Å². The van der Waals surface area contributed by atoms with Crippen LogP contribution in [0, 0.1) is 0 Å². The number of carbonyl (C=O) groups excluding carboxylic acids is 1. The lowest BCUT2D eigenvalue weighted by Gasteiger charge is -2.06. The van der Waals surface area contributed by atoms with Gasteiger partial charge >= 0.3 is 0 Å². The summed E-state index contributed by atoms with van der Waals surface area (Å²) in [6.07, 6.45) is 3.80. The summed E-state index contributed by atoms with van der Waals surface area (Å²) < 4.78 is 6.50. The van der Waals surface area contributed by atoms with E-state index in [0.717, 1.165) is 4.47 Å². The molecular formula is C14H12BrNO2. The zero-order valence-corrected chi connectivity index (χ0v) is 11.5. The molecular weight excluding hydrogens is 294 g/mol. The van der Waals surface area contributed by atoms with Crippen LogP contribution in [0.15, 0.2) is 47.2 Å². The highest BCUT2D eigenvalue weighted by atomic mass is 79.9. The number of ether oxygens (including phenoxy) is 1. The normalized spacial score (nSPS) is 10.1. The second kappa shape index (κ2) is 5.78. The lowest BCUT2D eigenvalue weighted by molar-refractivity contribution is 0.0988. The van der Waals surface area contributed by atoms with Crippen LogP contribution in [0.5, 0.6) is 11.5 Å². The molecule has 1 heterocycles. The molecule has 0 spiro atoms. The Morgan fingerprint density at radius 2 is 2.11 bits per heavy atom. The molecule has 0 unspecified atom stereocenters. The summed E-state index contributed by atoms with van der Waals surface area (Å²) in [5.41, 5.74) is 0.665. The fourth-order valence-corrected chi connectivity index (χ4v) is 1.87. The number of hydrogen-bond acceptors (Lipinski definition) is 3. The fourth-order valence-electron chi connectivity index (χ4n) is 1.52. The van der Waals surface area contributed by atoms with Crippen molar-refractivity contribution >= 4 is 21.7 Å². The summed E-state index contributed by atoms with van der Waals surface area (Å²) in [6, 6.07) is 8.98. The van der Waals surface area contributed by atoms with Gasteiger partial charge < -0.3 is 4.74 Å². The molecule has 0 saturated carbocycles. The third-order valence-corrected chi connectivity index (χ3v) is 2.83. The molecule has 0 atom stereocenters. The number of Topliss-reactive ketones (excluding diaryl/α,β-unsaturated/α-hetero) is 1. The molecule has 0 saturated heterocycles. The Hall–Kier alpha value is -1.68. The Labute approximate surface area is 114 Å². The van der Waals surface area contributed by atoms with Gasteiger partial charge in [-0.2, -0.15) is 0 Å². The minimum Gasteiger partial charge on any atom is -0.456 e. The van der Waals surface area contributed by atoms with Crippen molar-refractivity contribution in [3.05, 3.63) is 52.8 Å². The molecule has 1 aromatic carbocycles. The van der Waals surface area contributed by atoms with Crippen molar-refractivity contribution in [3.63, 3.8) is 0 Å². The second-order valence-corrected chi connectivity index (χ2v) is 4.66. The van der Waals surface area contributed by atoms with Crippen LogP contribution in [0.2, 0.25) is 0 Å². The number of rotatable bonds is 4. The number of benzene rings is 1. The van der Waals surface area contributed by atoms with Crippen molar-refractivity contribution in [2.75, 3.05) is 0 Å². The molecule has 3 nitrogen and oxygen atoms in total. The first-order valence-corrected chi connectivity index (χ1v) is 6.40. The number of ketones is 1. The Kier molecular flexibility index (Phi) is 4.10. The predicted molar refractivity (Wildman–Crippen MR) is 73.1 cm³/mol. The van der Waals surface area contributed by atoms with Gasteiger partial charge in [-0.15, -0.1) is 0 Å². The first kappa shape index (κ1) is 12.8. The molecule has 0 aliphatic heterocycles. The van der Waals surface area contributed by atoms with Gasteiger partial charge in [0.2, 0.25) is 0 Å². The third kappa shape index (κ3) is 3.17. The maximum absolute atomic E-state index is 11.6. The van der Waals surface area contributed by atoms with Crippen molar-refractivity contribution in [2.24, 2.45) is 0 Å². The number of hydrogen-bond donors (Lipinski definition) is 0. The summed E-state index contributed by atoms with van der Waals surface area (Å²) in [6.45, 7) is 1.84. The highest BCUT2D eigenvalue weighted by Gasteiger charge is 2.05. The fraction of sp³-hybridized carbons (Fsp3) is 0.143. The number of nitrogens with zero attached hydrogens (tertiary/aromatic N) is 1. The predicted octanol–water partition coefficient (Wildman–Crippen LogP) is 4.23. The van der Waals surface area contributed by atoms with Crippen molar-refractivity contribution in [1.29, 1.82) is 0 Å². The van der Waals surface area contributed by atoms with Crippen LogP contribution in [0.4, 0.5) is 0 Å². The zero-order chi connectivity index (χ0) is 13.0. The van der Waals surface area contributed by atoms with Gasteiger partial charge in [0.25, 0.3) is 0 Å². The molecule has 2 aromatic rings. The lowest BCUT2D eigenvalue weighted by Crippen LogP contribution is -1.96. The number of carbonyl (C=O) groups is 1. The molecule has 1 aromatic heterocycles. The van der Waals surface area contributed by atoms with Crippen LogP contribution in [0.3, 0.4) is 0 Å². The van der Waals surface area contributed by atoms with Crippen molar-refractivity contribution in [3.8, 4) is 11.5 Å². The summed E-state index contributed by atoms with van der Waals surface area (Å²) in [5, 5.41) is 0. The van der Waals surface area contributed by atoms with E-state index in [-0.39, 0.29) is 5.78 Å². The molecule has 18 heavy (non-hydrogen) atoms. The van der Waals surface area contributed by atoms with Gasteiger partial charge in [-0.05, 0) is 34.1 Å². The number of halogens is 1. The minimum absolute atomic E-state index is 0.104. The average Bonchev–Trinajstić information content (AvgIpc) is 2.38. The molecule has 92 valence electrons. The van der Waals surface area contributed by atoms with Crippen LogP contribution in [0.25, 0.3) is 0 Å². The largest absolute Gasteiger partial charge is 0.456 e. The van der Waals surface area contributed by atoms with Gasteiger partial charge in [-0.1, -0.05) is 19.1 Å². The lowest BCUT2D eigenvalue weighted by atomic mass is 10.1. The van der Waals surface area contributed by atoms with Gasteiger partial charge in [-0.25, -0.2) is 0 Å². The van der Waals surface area contributed by atoms with E-state index < -0.39 is 0 Å². The third-order valence-electron chi connectivity index (χ3n) is 2.39. The summed E-state index contributed by atoms with van der Waals surface area (Å²) >= 11 is 3.33. The Morgan fingerprint density at radius 3 is 2.83 bits per heavy atom. The SMILES string of the molecule is CCC(=O)c1cccc(Oc2cncc(Br)c2)c1. The quantitative estimate of drug-likeness (QED) is 0.794. The number of pyridine rings is 1. The van der Waals surface area contributed by atoms with Crippen LogP contribution >= 0.6 is 15.9 Å². The first-order valence-electron chi connectivity index (χ1n) is 5.60. The maximum Gasteiger partial charge on any atom is 0.162 e. The standard InChI is InChI=1S/C14H12BrNO2/c1-2-14(17)10-4-3-5-12(6-10)18-13-7-11(15)8-16-9-13/h3-9H,2H2,1H3. The molecule has 0 aliphatic rings. The molecule has 4 heteroatoms. The Bertz CT molecular complexity index is 569. The van der Waals surface area contributed by atoms with Gasteiger partial charge in [-0.3, -0.25) is 9.78 Å². The van der Waals surface area contributed by atoms with E-state index in [1.807, 2.05) is 25.1 Å². The van der Waals surface area contributed by atoms with E-state index in [9.17, 15) is 4.79 Å². The van der Waals surface area contributed by atoms with Gasteiger partial charge in [0.1, 0.15) is 11.5 Å². The Morgan fingerprint density at radius 1 is 1.28 bits per heavy atom. The van der Waals surface area contributed by atoms with Crippen LogP contribution < -0.4 is 4.74 Å². The smallest absolute Gasteiger partial charge is 0.162 e. The highest BCUT2D eigenvalue weighted by molar-refractivity contribution is 9.10. The van der Waals surface area contributed by atoms with Gasteiger partial charge in [0.15, 0.2) is 5.78 Å². The minimum atomic E-state index is 0.104. The van der Waals surface area contributed by atoms with E-state index in [4.69, 9.17) is 4.74 Å². The molecule has 0 bridgehead atoms. The molecule has 0 N–H and O–H groups in total. The van der Waals surface area contributed by atoms with E-state index >= 15 is 0 Å². The van der Waals surface area contributed by atoms with Gasteiger partial charge in [0.05, 0.1) is 6.20 Å². The average molecular weight is 306 g/mol. The van der Waals surface area contributed by atoms with Crippen LogP contribution in [0.1, 0.15) is 23.7 Å². The highest BCUT2D eigenvalue weighted by Crippen LogP contribution is 2.24. The Balaban J connectivity index is 2.22. The van der Waals surface area contributed by atoms with E-state index in [0.29, 0.717) is 23.5 Å². The van der Waals surface area contributed by atoms with Crippen molar-refractivity contribution in [1.82, 2.24) is 4.98 Å². The summed E-state index contributed by atoms with van der Waals surface area (Å²) in [4.78, 5) is 15.6. The molecule has 0 radical (unpaired) electrons. The zero-order valence-electron chi connectivity index (χ0n) is 9.89. The second-order valence-electron chi connectivity index (χ2n) is 3.75. The van der Waals surface area contributed by atoms with E-state index in [1.165, 1.54) is 0 Å².